The first kappa shape index (κ1) is 11.5. The van der Waals surface area contributed by atoms with Gasteiger partial charge in [-0.05, 0) is 48.6 Å². The molecule has 0 heteroatoms. The Balaban J connectivity index is 1.59. The average molecular weight is 236 g/mol. The smallest absolute Gasteiger partial charge is 0.0248 e. The second kappa shape index (κ2) is 5.39. The lowest BCUT2D eigenvalue weighted by Crippen LogP contribution is -2.29. The highest BCUT2D eigenvalue weighted by atomic mass is 14.3. The molecule has 3 rings (SSSR count). The summed E-state index contributed by atoms with van der Waals surface area (Å²) >= 11 is 0. The van der Waals surface area contributed by atoms with Gasteiger partial charge in [-0.1, -0.05) is 60.7 Å². The molecule has 0 amide bonds. The summed E-state index contributed by atoms with van der Waals surface area (Å²) in [5.41, 5.74) is 3.00. The van der Waals surface area contributed by atoms with E-state index < -0.39 is 0 Å². The van der Waals surface area contributed by atoms with Crippen LogP contribution in [0.2, 0.25) is 0 Å². The van der Waals surface area contributed by atoms with Crippen LogP contribution in [0.15, 0.2) is 60.7 Å². The van der Waals surface area contributed by atoms with Crippen LogP contribution in [0.25, 0.3) is 0 Å². The summed E-state index contributed by atoms with van der Waals surface area (Å²) in [4.78, 5) is 0. The van der Waals surface area contributed by atoms with Crippen molar-refractivity contribution in [2.45, 2.75) is 25.7 Å². The third kappa shape index (κ3) is 2.64. The highest BCUT2D eigenvalue weighted by molar-refractivity contribution is 5.18. The second-order valence-electron chi connectivity index (χ2n) is 5.48. The Morgan fingerprint density at radius 2 is 1.00 bits per heavy atom. The van der Waals surface area contributed by atoms with E-state index in [0.717, 1.165) is 11.8 Å². The Hall–Kier alpha value is -1.56. The first-order valence-electron chi connectivity index (χ1n) is 6.99. The SMILES string of the molecule is c1ccc(CC2CCC2Cc2ccccc2)cc1. The van der Waals surface area contributed by atoms with E-state index in [1.807, 2.05) is 0 Å². The zero-order chi connectivity index (χ0) is 12.2. The summed E-state index contributed by atoms with van der Waals surface area (Å²) in [6.07, 6.45) is 5.34. The minimum Gasteiger partial charge on any atom is -0.0622 e. The van der Waals surface area contributed by atoms with E-state index in [2.05, 4.69) is 60.7 Å². The number of hydrogen-bond acceptors (Lipinski definition) is 0. The molecule has 2 aromatic carbocycles. The summed E-state index contributed by atoms with van der Waals surface area (Å²) < 4.78 is 0. The predicted octanol–water partition coefficient (Wildman–Crippen LogP) is 4.50. The van der Waals surface area contributed by atoms with Gasteiger partial charge in [0.25, 0.3) is 0 Å². The van der Waals surface area contributed by atoms with Gasteiger partial charge < -0.3 is 0 Å². The van der Waals surface area contributed by atoms with Crippen molar-refractivity contribution < 1.29 is 0 Å². The molecule has 92 valence electrons. The van der Waals surface area contributed by atoms with E-state index in [9.17, 15) is 0 Å². The fourth-order valence-corrected chi connectivity index (χ4v) is 3.01. The van der Waals surface area contributed by atoms with Crippen LogP contribution in [-0.2, 0) is 12.8 Å². The molecule has 0 spiro atoms. The van der Waals surface area contributed by atoms with Gasteiger partial charge in [0, 0.05) is 0 Å². The summed E-state index contributed by atoms with van der Waals surface area (Å²) in [6, 6.07) is 21.9. The van der Waals surface area contributed by atoms with Crippen molar-refractivity contribution in [3.63, 3.8) is 0 Å². The van der Waals surface area contributed by atoms with Crippen LogP contribution >= 0.6 is 0 Å². The maximum Gasteiger partial charge on any atom is -0.0248 e. The molecule has 0 radical (unpaired) electrons. The number of rotatable bonds is 4. The zero-order valence-corrected chi connectivity index (χ0v) is 10.8. The standard InChI is InChI=1S/C18H20/c1-3-7-15(8-4-1)13-17-11-12-18(17)14-16-9-5-2-6-10-16/h1-10,17-18H,11-14H2. The lowest BCUT2D eigenvalue weighted by Gasteiger charge is -2.37. The molecule has 0 heterocycles. The van der Waals surface area contributed by atoms with Crippen LogP contribution in [-0.4, -0.2) is 0 Å². The van der Waals surface area contributed by atoms with Gasteiger partial charge in [0.15, 0.2) is 0 Å². The molecule has 0 N–H and O–H groups in total. The van der Waals surface area contributed by atoms with E-state index in [4.69, 9.17) is 0 Å². The summed E-state index contributed by atoms with van der Waals surface area (Å²) in [5, 5.41) is 0. The zero-order valence-electron chi connectivity index (χ0n) is 10.8. The fourth-order valence-electron chi connectivity index (χ4n) is 3.01. The summed E-state index contributed by atoms with van der Waals surface area (Å²) in [7, 11) is 0. The molecule has 2 aromatic rings. The van der Waals surface area contributed by atoms with Gasteiger partial charge in [0.2, 0.25) is 0 Å². The van der Waals surface area contributed by atoms with Crippen molar-refractivity contribution in [3.8, 4) is 0 Å². The van der Waals surface area contributed by atoms with Gasteiger partial charge in [-0.2, -0.15) is 0 Å². The molecule has 0 saturated heterocycles. The molecule has 18 heavy (non-hydrogen) atoms. The van der Waals surface area contributed by atoms with Gasteiger partial charge in [-0.25, -0.2) is 0 Å². The fraction of sp³-hybridized carbons (Fsp3) is 0.333. The van der Waals surface area contributed by atoms with Gasteiger partial charge in [0.05, 0.1) is 0 Å². The topological polar surface area (TPSA) is 0 Å². The minimum atomic E-state index is 0.896. The Bertz CT molecular complexity index is 424. The van der Waals surface area contributed by atoms with Crippen LogP contribution < -0.4 is 0 Å². The normalized spacial score (nSPS) is 22.4. The van der Waals surface area contributed by atoms with Crippen molar-refractivity contribution in [3.05, 3.63) is 71.8 Å². The van der Waals surface area contributed by atoms with Crippen LogP contribution in [0.4, 0.5) is 0 Å². The number of benzene rings is 2. The first-order chi connectivity index (χ1) is 8.92. The Labute approximate surface area is 110 Å². The number of hydrogen-bond donors (Lipinski definition) is 0. The summed E-state index contributed by atoms with van der Waals surface area (Å²) in [5.74, 6) is 1.79. The highest BCUT2D eigenvalue weighted by Crippen LogP contribution is 2.38. The largest absolute Gasteiger partial charge is 0.0622 e. The molecule has 0 nitrogen and oxygen atoms in total. The quantitative estimate of drug-likeness (QED) is 0.733. The third-order valence-corrected chi connectivity index (χ3v) is 4.26. The molecule has 1 saturated carbocycles. The Morgan fingerprint density at radius 3 is 1.33 bits per heavy atom. The van der Waals surface area contributed by atoms with Crippen LogP contribution in [0, 0.1) is 11.8 Å². The van der Waals surface area contributed by atoms with Crippen molar-refractivity contribution >= 4 is 0 Å². The van der Waals surface area contributed by atoms with E-state index in [0.29, 0.717) is 0 Å². The lowest BCUT2D eigenvalue weighted by molar-refractivity contribution is 0.174. The third-order valence-electron chi connectivity index (χ3n) is 4.26. The van der Waals surface area contributed by atoms with Crippen LogP contribution in [0.3, 0.4) is 0 Å². The maximum atomic E-state index is 2.26. The minimum absolute atomic E-state index is 0.896. The molecular weight excluding hydrogens is 216 g/mol. The van der Waals surface area contributed by atoms with Crippen molar-refractivity contribution in [2.75, 3.05) is 0 Å². The van der Waals surface area contributed by atoms with E-state index >= 15 is 0 Å². The van der Waals surface area contributed by atoms with Crippen molar-refractivity contribution in [2.24, 2.45) is 11.8 Å². The molecule has 2 unspecified atom stereocenters. The molecule has 2 atom stereocenters. The van der Waals surface area contributed by atoms with Crippen molar-refractivity contribution in [1.82, 2.24) is 0 Å². The maximum absolute atomic E-state index is 2.26. The van der Waals surface area contributed by atoms with Crippen LogP contribution in [0.5, 0.6) is 0 Å². The van der Waals surface area contributed by atoms with Gasteiger partial charge >= 0.3 is 0 Å². The summed E-state index contributed by atoms with van der Waals surface area (Å²) in [6.45, 7) is 0. The van der Waals surface area contributed by atoms with E-state index in [-0.39, 0.29) is 0 Å². The lowest BCUT2D eigenvalue weighted by atomic mass is 9.68. The Kier molecular flexibility index (Phi) is 3.45. The van der Waals surface area contributed by atoms with Gasteiger partial charge in [-0.3, -0.25) is 0 Å². The molecular formula is C18H20. The monoisotopic (exact) mass is 236 g/mol. The first-order valence-corrected chi connectivity index (χ1v) is 6.99. The van der Waals surface area contributed by atoms with Gasteiger partial charge in [0.1, 0.15) is 0 Å². The van der Waals surface area contributed by atoms with Gasteiger partial charge in [-0.15, -0.1) is 0 Å². The molecule has 1 aliphatic rings. The molecule has 1 aliphatic carbocycles. The molecule has 1 fully saturated rings. The molecule has 0 aromatic heterocycles. The predicted molar refractivity (Wildman–Crippen MR) is 76.5 cm³/mol. The highest BCUT2D eigenvalue weighted by Gasteiger charge is 2.30. The van der Waals surface area contributed by atoms with E-state index in [1.165, 1.54) is 36.8 Å². The molecule has 0 bridgehead atoms. The van der Waals surface area contributed by atoms with Crippen LogP contribution in [0.1, 0.15) is 24.0 Å². The Morgan fingerprint density at radius 1 is 0.611 bits per heavy atom. The second-order valence-corrected chi connectivity index (χ2v) is 5.48. The van der Waals surface area contributed by atoms with E-state index in [1.54, 1.807) is 0 Å². The van der Waals surface area contributed by atoms with Crippen molar-refractivity contribution in [1.29, 1.82) is 0 Å². The average Bonchev–Trinajstić information content (AvgIpc) is 2.43. The molecule has 0 aliphatic heterocycles.